The van der Waals surface area contributed by atoms with Gasteiger partial charge in [-0.2, -0.15) is 0 Å². The van der Waals surface area contributed by atoms with Gasteiger partial charge in [0.1, 0.15) is 0 Å². The van der Waals surface area contributed by atoms with Gasteiger partial charge in [-0.1, -0.05) is 60.7 Å². The van der Waals surface area contributed by atoms with Crippen molar-refractivity contribution in [2.45, 2.75) is 0 Å². The first-order valence-electron chi connectivity index (χ1n) is 6.87. The van der Waals surface area contributed by atoms with Crippen LogP contribution in [0.25, 0.3) is 6.08 Å². The van der Waals surface area contributed by atoms with Gasteiger partial charge in [-0.15, -0.1) is 0 Å². The smallest absolute Gasteiger partial charge is 0.264 e. The first-order valence-corrected chi connectivity index (χ1v) is 7.69. The second-order valence-corrected chi connectivity index (χ2v) is 5.64. The van der Waals surface area contributed by atoms with E-state index in [2.05, 4.69) is 10.3 Å². The van der Waals surface area contributed by atoms with Gasteiger partial charge >= 0.3 is 0 Å². The second kappa shape index (κ2) is 6.91. The average Bonchev–Trinajstić information content (AvgIpc) is 2.89. The number of benzene rings is 2. The molecule has 0 aromatic heterocycles. The minimum absolute atomic E-state index is 0.114. The largest absolute Gasteiger partial charge is 0.300 e. The van der Waals surface area contributed by atoms with E-state index < -0.39 is 0 Å². The van der Waals surface area contributed by atoms with Crippen LogP contribution in [0, 0.1) is 0 Å². The summed E-state index contributed by atoms with van der Waals surface area (Å²) >= 11 is 1.35. The van der Waals surface area contributed by atoms with E-state index in [9.17, 15) is 4.79 Å². The zero-order valence-electron chi connectivity index (χ0n) is 11.8. The summed E-state index contributed by atoms with van der Waals surface area (Å²) in [5.74, 6) is -0.114. The second-order valence-electron chi connectivity index (χ2n) is 4.61. The Balaban J connectivity index is 1.71. The molecule has 1 N–H and O–H groups in total. The monoisotopic (exact) mass is 306 g/mol. The fraction of sp³-hybridized carbons (Fsp3) is 0. The molecule has 0 saturated carbocycles. The van der Waals surface area contributed by atoms with E-state index in [0.29, 0.717) is 10.1 Å². The van der Waals surface area contributed by atoms with Crippen molar-refractivity contribution < 1.29 is 4.79 Å². The van der Waals surface area contributed by atoms with Gasteiger partial charge in [0, 0.05) is 0 Å². The van der Waals surface area contributed by atoms with E-state index in [-0.39, 0.29) is 5.91 Å². The van der Waals surface area contributed by atoms with Crippen LogP contribution in [0.5, 0.6) is 0 Å². The number of para-hydroxylation sites is 1. The number of amides is 1. The highest BCUT2D eigenvalue weighted by molar-refractivity contribution is 8.18. The van der Waals surface area contributed by atoms with Gasteiger partial charge in [-0.25, -0.2) is 4.99 Å². The number of amidine groups is 1. The molecule has 4 heteroatoms. The van der Waals surface area contributed by atoms with Crippen LogP contribution in [0.4, 0.5) is 5.69 Å². The molecule has 1 heterocycles. The van der Waals surface area contributed by atoms with Crippen LogP contribution in [0.2, 0.25) is 0 Å². The molecule has 1 aliphatic heterocycles. The molecule has 108 valence electrons. The zero-order valence-corrected chi connectivity index (χ0v) is 12.6. The minimum Gasteiger partial charge on any atom is -0.300 e. The van der Waals surface area contributed by atoms with E-state index in [1.54, 1.807) is 6.08 Å². The molecule has 3 rings (SSSR count). The van der Waals surface area contributed by atoms with Crippen LogP contribution in [-0.4, -0.2) is 11.1 Å². The predicted molar refractivity (Wildman–Crippen MR) is 92.8 cm³/mol. The summed E-state index contributed by atoms with van der Waals surface area (Å²) < 4.78 is 0. The molecule has 1 aliphatic rings. The average molecular weight is 306 g/mol. The Morgan fingerprint density at radius 1 is 0.955 bits per heavy atom. The Morgan fingerprint density at radius 2 is 1.64 bits per heavy atom. The highest BCUT2D eigenvalue weighted by atomic mass is 32.2. The fourth-order valence-electron chi connectivity index (χ4n) is 1.93. The first-order chi connectivity index (χ1) is 10.8. The molecule has 0 spiro atoms. The standard InChI is InChI=1S/C18H14N2OS/c21-17-16(13-7-10-14-8-3-1-4-9-14)22-18(20-17)19-15-11-5-2-6-12-15/h1-13H,(H,19,20,21)/b10-7-,16-13-. The van der Waals surface area contributed by atoms with E-state index >= 15 is 0 Å². The van der Waals surface area contributed by atoms with Gasteiger partial charge in [-0.05, 0) is 35.5 Å². The highest BCUT2D eigenvalue weighted by Crippen LogP contribution is 2.26. The van der Waals surface area contributed by atoms with Crippen molar-refractivity contribution in [1.82, 2.24) is 5.32 Å². The molecule has 2 aromatic rings. The van der Waals surface area contributed by atoms with Crippen LogP contribution in [0.15, 0.2) is 82.7 Å². The Kier molecular flexibility index (Phi) is 4.51. The maximum Gasteiger partial charge on any atom is 0.264 e. The van der Waals surface area contributed by atoms with Crippen molar-refractivity contribution in [3.63, 3.8) is 0 Å². The summed E-state index contributed by atoms with van der Waals surface area (Å²) in [5.41, 5.74) is 1.92. The van der Waals surface area contributed by atoms with E-state index in [0.717, 1.165) is 11.3 Å². The molecule has 2 aromatic carbocycles. The van der Waals surface area contributed by atoms with Crippen LogP contribution in [-0.2, 0) is 4.79 Å². The number of hydrogen-bond acceptors (Lipinski definition) is 3. The first kappa shape index (κ1) is 14.4. The number of carbonyl (C=O) groups is 1. The number of nitrogens with zero attached hydrogens (tertiary/aromatic N) is 1. The van der Waals surface area contributed by atoms with E-state index in [4.69, 9.17) is 0 Å². The van der Waals surface area contributed by atoms with Crippen molar-refractivity contribution in [2.24, 2.45) is 4.99 Å². The zero-order chi connectivity index (χ0) is 15.2. The molecular weight excluding hydrogens is 292 g/mol. The lowest BCUT2D eigenvalue weighted by Gasteiger charge is -1.94. The van der Waals surface area contributed by atoms with Gasteiger partial charge < -0.3 is 5.32 Å². The Labute approximate surface area is 133 Å². The number of rotatable bonds is 3. The topological polar surface area (TPSA) is 41.5 Å². The predicted octanol–water partition coefficient (Wildman–Crippen LogP) is 4.13. The normalized spacial score (nSPS) is 18.3. The van der Waals surface area contributed by atoms with Crippen molar-refractivity contribution in [1.29, 1.82) is 0 Å². The fourth-order valence-corrected chi connectivity index (χ4v) is 2.72. The number of carbonyl (C=O) groups excluding carboxylic acids is 1. The SMILES string of the molecule is O=C1NC(=Nc2ccccc2)S/C1=C\C=C/c1ccccc1. The lowest BCUT2D eigenvalue weighted by Crippen LogP contribution is -2.19. The third-order valence-electron chi connectivity index (χ3n) is 2.97. The minimum atomic E-state index is -0.114. The quantitative estimate of drug-likeness (QED) is 0.866. The van der Waals surface area contributed by atoms with E-state index in [1.807, 2.05) is 72.8 Å². The number of aliphatic imine (C=N–C) groups is 1. The van der Waals surface area contributed by atoms with Crippen LogP contribution in [0.1, 0.15) is 5.56 Å². The molecule has 1 amide bonds. The summed E-state index contributed by atoms with van der Waals surface area (Å²) in [6.45, 7) is 0. The van der Waals surface area contributed by atoms with Gasteiger partial charge in [0.25, 0.3) is 5.91 Å². The van der Waals surface area contributed by atoms with Crippen molar-refractivity contribution >= 4 is 34.6 Å². The Hall–Kier alpha value is -2.59. The molecule has 0 unspecified atom stereocenters. The molecule has 0 bridgehead atoms. The molecular formula is C18H14N2OS. The number of nitrogens with one attached hydrogen (secondary N) is 1. The lowest BCUT2D eigenvalue weighted by molar-refractivity contribution is -0.115. The van der Waals surface area contributed by atoms with Crippen LogP contribution >= 0.6 is 11.8 Å². The van der Waals surface area contributed by atoms with Gasteiger partial charge in [-0.3, -0.25) is 4.79 Å². The Bertz CT molecular complexity index is 749. The molecule has 1 saturated heterocycles. The molecule has 0 aliphatic carbocycles. The molecule has 1 fully saturated rings. The van der Waals surface area contributed by atoms with Crippen LogP contribution < -0.4 is 5.32 Å². The number of hydrogen-bond donors (Lipinski definition) is 1. The molecule has 22 heavy (non-hydrogen) atoms. The van der Waals surface area contributed by atoms with Gasteiger partial charge in [0.15, 0.2) is 5.17 Å². The summed E-state index contributed by atoms with van der Waals surface area (Å²) in [6, 6.07) is 19.5. The summed E-state index contributed by atoms with van der Waals surface area (Å²) in [7, 11) is 0. The van der Waals surface area contributed by atoms with E-state index in [1.165, 1.54) is 11.8 Å². The summed E-state index contributed by atoms with van der Waals surface area (Å²) in [4.78, 5) is 17.0. The van der Waals surface area contributed by atoms with Crippen LogP contribution in [0.3, 0.4) is 0 Å². The van der Waals surface area contributed by atoms with Crippen molar-refractivity contribution in [3.05, 3.63) is 83.3 Å². The maximum atomic E-state index is 11.9. The summed E-state index contributed by atoms with van der Waals surface area (Å²) in [6.07, 6.45) is 5.65. The summed E-state index contributed by atoms with van der Waals surface area (Å²) in [5, 5.41) is 3.38. The Morgan fingerprint density at radius 3 is 2.36 bits per heavy atom. The lowest BCUT2D eigenvalue weighted by atomic mass is 10.2. The molecule has 3 nitrogen and oxygen atoms in total. The maximum absolute atomic E-state index is 11.9. The molecule has 0 atom stereocenters. The third-order valence-corrected chi connectivity index (χ3v) is 3.90. The van der Waals surface area contributed by atoms with Crippen molar-refractivity contribution in [3.8, 4) is 0 Å². The van der Waals surface area contributed by atoms with Gasteiger partial charge in [0.05, 0.1) is 10.6 Å². The number of thioether (sulfide) groups is 1. The number of allylic oxidation sites excluding steroid dienone is 2. The van der Waals surface area contributed by atoms with Crippen molar-refractivity contribution in [2.75, 3.05) is 0 Å². The third kappa shape index (κ3) is 3.74. The van der Waals surface area contributed by atoms with Gasteiger partial charge in [0.2, 0.25) is 0 Å². The highest BCUT2D eigenvalue weighted by Gasteiger charge is 2.22. The molecule has 0 radical (unpaired) electrons.